The number of carbonyl (C=O) groups is 1. The Kier molecular flexibility index (Phi) is 5.57. The van der Waals surface area contributed by atoms with Crippen LogP contribution in [0.4, 0.5) is 0 Å². The van der Waals surface area contributed by atoms with E-state index in [2.05, 4.69) is 20.7 Å². The van der Waals surface area contributed by atoms with Crippen molar-refractivity contribution in [3.8, 4) is 0 Å². The Balaban J connectivity index is 3.65. The van der Waals surface area contributed by atoms with Crippen molar-refractivity contribution < 1.29 is 14.7 Å². The second-order valence-electron chi connectivity index (χ2n) is 1.59. The predicted octanol–water partition coefficient (Wildman–Crippen LogP) is 0.292. The summed E-state index contributed by atoms with van der Waals surface area (Å²) in [6.07, 6.45) is 0. The molecule has 0 bridgehead atoms. The molecule has 0 saturated heterocycles. The van der Waals surface area contributed by atoms with Gasteiger partial charge in [-0.2, -0.15) is 5.48 Å². The van der Waals surface area contributed by atoms with E-state index >= 15 is 0 Å². The van der Waals surface area contributed by atoms with E-state index in [-0.39, 0.29) is 0 Å². The van der Waals surface area contributed by atoms with Gasteiger partial charge in [0, 0.05) is 5.33 Å². The molecular formula is C5H10BrNO3. The number of carbonyl (C=O) groups excluding carboxylic acids is 1. The van der Waals surface area contributed by atoms with E-state index in [1.54, 1.807) is 6.92 Å². The number of hydrogen-bond acceptors (Lipinski definition) is 4. The molecule has 0 saturated carbocycles. The van der Waals surface area contributed by atoms with Gasteiger partial charge < -0.3 is 9.94 Å². The minimum absolute atomic E-state index is 0.323. The van der Waals surface area contributed by atoms with Crippen LogP contribution in [0.1, 0.15) is 6.92 Å². The van der Waals surface area contributed by atoms with Gasteiger partial charge in [-0.05, 0) is 6.92 Å². The number of hydrogen-bond donors (Lipinski definition) is 2. The number of halogens is 1. The number of rotatable bonds is 4. The first-order valence-electron chi connectivity index (χ1n) is 2.88. The standard InChI is InChI=1S/C5H10BrNO3/c1-2-10-5(8)4(3-6)7-9/h4,7,9H,2-3H2,1H3. The highest BCUT2D eigenvalue weighted by Gasteiger charge is 2.15. The van der Waals surface area contributed by atoms with E-state index in [4.69, 9.17) is 5.21 Å². The zero-order chi connectivity index (χ0) is 7.98. The molecule has 0 aliphatic heterocycles. The number of esters is 1. The molecule has 0 amide bonds. The van der Waals surface area contributed by atoms with Gasteiger partial charge in [-0.3, -0.25) is 4.79 Å². The van der Waals surface area contributed by atoms with Gasteiger partial charge in [-0.15, -0.1) is 0 Å². The molecule has 1 atom stereocenters. The normalized spacial score (nSPS) is 12.7. The average molecular weight is 212 g/mol. The third-order valence-electron chi connectivity index (χ3n) is 0.881. The van der Waals surface area contributed by atoms with Gasteiger partial charge in [0.05, 0.1) is 6.61 Å². The van der Waals surface area contributed by atoms with Crippen molar-refractivity contribution in [2.24, 2.45) is 0 Å². The highest BCUT2D eigenvalue weighted by atomic mass is 79.9. The number of alkyl halides is 1. The Hall–Kier alpha value is -0.130. The molecule has 0 aliphatic carbocycles. The second-order valence-corrected chi connectivity index (χ2v) is 2.24. The van der Waals surface area contributed by atoms with Crippen LogP contribution in [0.5, 0.6) is 0 Å². The summed E-state index contributed by atoms with van der Waals surface area (Å²) >= 11 is 3.02. The van der Waals surface area contributed by atoms with Crippen molar-refractivity contribution in [1.29, 1.82) is 0 Å². The molecule has 4 nitrogen and oxygen atoms in total. The molecule has 60 valence electrons. The zero-order valence-electron chi connectivity index (χ0n) is 5.63. The summed E-state index contributed by atoms with van der Waals surface area (Å²) in [5, 5.41) is 8.68. The van der Waals surface area contributed by atoms with Crippen molar-refractivity contribution in [3.05, 3.63) is 0 Å². The van der Waals surface area contributed by atoms with E-state index < -0.39 is 12.0 Å². The third-order valence-corrected chi connectivity index (χ3v) is 1.53. The van der Waals surface area contributed by atoms with Gasteiger partial charge >= 0.3 is 5.97 Å². The molecule has 0 aromatic rings. The van der Waals surface area contributed by atoms with Gasteiger partial charge in [0.15, 0.2) is 0 Å². The van der Waals surface area contributed by atoms with Crippen LogP contribution in [0.25, 0.3) is 0 Å². The fourth-order valence-electron chi connectivity index (χ4n) is 0.393. The van der Waals surface area contributed by atoms with Crippen LogP contribution in [0.2, 0.25) is 0 Å². The molecule has 5 heteroatoms. The Morgan fingerprint density at radius 2 is 2.50 bits per heavy atom. The Labute approximate surface area is 67.6 Å². The van der Waals surface area contributed by atoms with Crippen LogP contribution in [0.3, 0.4) is 0 Å². The van der Waals surface area contributed by atoms with E-state index in [1.165, 1.54) is 0 Å². The van der Waals surface area contributed by atoms with Crippen LogP contribution >= 0.6 is 15.9 Å². The van der Waals surface area contributed by atoms with Gasteiger partial charge in [0.25, 0.3) is 0 Å². The number of ether oxygens (including phenoxy) is 1. The Morgan fingerprint density at radius 3 is 2.80 bits per heavy atom. The van der Waals surface area contributed by atoms with Crippen molar-refractivity contribution in [2.75, 3.05) is 11.9 Å². The molecule has 1 unspecified atom stereocenters. The molecule has 0 aliphatic rings. The highest BCUT2D eigenvalue weighted by molar-refractivity contribution is 9.09. The summed E-state index contributed by atoms with van der Waals surface area (Å²) in [7, 11) is 0. The summed E-state index contributed by atoms with van der Waals surface area (Å²) in [6, 6.07) is -0.667. The lowest BCUT2D eigenvalue weighted by Crippen LogP contribution is -2.37. The second kappa shape index (κ2) is 5.64. The molecule has 0 rings (SSSR count). The molecule has 0 spiro atoms. The maximum Gasteiger partial charge on any atom is 0.326 e. The van der Waals surface area contributed by atoms with Gasteiger partial charge in [-0.25, -0.2) is 0 Å². The zero-order valence-corrected chi connectivity index (χ0v) is 7.22. The molecule has 0 aromatic heterocycles. The van der Waals surface area contributed by atoms with Crippen molar-refractivity contribution in [3.63, 3.8) is 0 Å². The molecule has 10 heavy (non-hydrogen) atoms. The Bertz CT molecular complexity index is 105. The topological polar surface area (TPSA) is 58.6 Å². The van der Waals surface area contributed by atoms with E-state index in [9.17, 15) is 4.79 Å². The monoisotopic (exact) mass is 211 g/mol. The SMILES string of the molecule is CCOC(=O)C(CBr)NO. The first-order chi connectivity index (χ1) is 4.76. The lowest BCUT2D eigenvalue weighted by Gasteiger charge is -2.09. The third kappa shape index (κ3) is 3.14. The van der Waals surface area contributed by atoms with Crippen LogP contribution in [0.15, 0.2) is 0 Å². The lowest BCUT2D eigenvalue weighted by atomic mass is 10.4. The number of hydroxylamine groups is 1. The maximum absolute atomic E-state index is 10.7. The van der Waals surface area contributed by atoms with Crippen molar-refractivity contribution in [2.45, 2.75) is 13.0 Å². The molecule has 2 N–H and O–H groups in total. The van der Waals surface area contributed by atoms with E-state index in [1.807, 2.05) is 5.48 Å². The smallest absolute Gasteiger partial charge is 0.326 e. The quantitative estimate of drug-likeness (QED) is 0.399. The molecule has 0 fully saturated rings. The summed E-state index contributed by atoms with van der Waals surface area (Å²) in [5.41, 5.74) is 1.81. The lowest BCUT2D eigenvalue weighted by molar-refractivity contribution is -0.147. The summed E-state index contributed by atoms with van der Waals surface area (Å²) in [6.45, 7) is 2.03. The van der Waals surface area contributed by atoms with Gasteiger partial charge in [-0.1, -0.05) is 15.9 Å². The summed E-state index contributed by atoms with van der Waals surface area (Å²) < 4.78 is 4.59. The van der Waals surface area contributed by atoms with Crippen LogP contribution < -0.4 is 5.48 Å². The minimum atomic E-state index is -0.667. The largest absolute Gasteiger partial charge is 0.465 e. The van der Waals surface area contributed by atoms with E-state index in [0.717, 1.165) is 0 Å². The average Bonchev–Trinajstić information content (AvgIpc) is 1.91. The predicted molar refractivity (Wildman–Crippen MR) is 39.1 cm³/mol. The highest BCUT2D eigenvalue weighted by Crippen LogP contribution is 1.92. The van der Waals surface area contributed by atoms with Crippen LogP contribution in [0, 0.1) is 0 Å². The van der Waals surface area contributed by atoms with Crippen LogP contribution in [-0.2, 0) is 9.53 Å². The first kappa shape index (κ1) is 9.87. The van der Waals surface area contributed by atoms with Crippen molar-refractivity contribution >= 4 is 21.9 Å². The number of nitrogens with one attached hydrogen (secondary N) is 1. The fraction of sp³-hybridized carbons (Fsp3) is 0.800. The summed E-state index contributed by atoms with van der Waals surface area (Å²) in [5.74, 6) is -0.457. The Morgan fingerprint density at radius 1 is 1.90 bits per heavy atom. The minimum Gasteiger partial charge on any atom is -0.465 e. The van der Waals surface area contributed by atoms with Gasteiger partial charge in [0.2, 0.25) is 0 Å². The fourth-order valence-corrected chi connectivity index (χ4v) is 0.802. The molecule has 0 heterocycles. The molecule has 0 radical (unpaired) electrons. The van der Waals surface area contributed by atoms with Crippen LogP contribution in [-0.4, -0.2) is 29.2 Å². The maximum atomic E-state index is 10.7. The van der Waals surface area contributed by atoms with Crippen molar-refractivity contribution in [1.82, 2.24) is 5.48 Å². The van der Waals surface area contributed by atoms with E-state index in [0.29, 0.717) is 11.9 Å². The summed E-state index contributed by atoms with van der Waals surface area (Å²) in [4.78, 5) is 10.7. The molecular weight excluding hydrogens is 202 g/mol. The van der Waals surface area contributed by atoms with Gasteiger partial charge in [0.1, 0.15) is 6.04 Å². The first-order valence-corrected chi connectivity index (χ1v) is 4.00. The molecule has 0 aromatic carbocycles.